The third kappa shape index (κ3) is 2.44. The number of ether oxygens (including phenoxy) is 1. The molecule has 1 aliphatic heterocycles. The van der Waals surface area contributed by atoms with Crippen molar-refractivity contribution in [2.75, 3.05) is 11.9 Å². The summed E-state index contributed by atoms with van der Waals surface area (Å²) in [7, 11) is 0. The molecule has 1 N–H and O–H groups in total. The summed E-state index contributed by atoms with van der Waals surface area (Å²) in [6.45, 7) is 0.554. The Bertz CT molecular complexity index is 731. The highest BCUT2D eigenvalue weighted by Crippen LogP contribution is 2.26. The maximum atomic E-state index is 13.5. The lowest BCUT2D eigenvalue weighted by atomic mass is 10.1. The first kappa shape index (κ1) is 13.5. The van der Waals surface area contributed by atoms with Crippen molar-refractivity contribution in [2.45, 2.75) is 6.42 Å². The van der Waals surface area contributed by atoms with E-state index >= 15 is 0 Å². The van der Waals surface area contributed by atoms with Crippen LogP contribution >= 0.6 is 0 Å². The standard InChI is InChI=1S/C15H10F3NO2/c16-10-2-3-11(14(18)13(10)17)19-15(20)9-1-4-12-8(7-9)5-6-21-12/h1-4,7H,5-6H2,(H,19,20). The average Bonchev–Trinajstić information content (AvgIpc) is 2.95. The van der Waals surface area contributed by atoms with Gasteiger partial charge in [-0.05, 0) is 35.9 Å². The summed E-state index contributed by atoms with van der Waals surface area (Å²) in [5, 5.41) is 2.22. The van der Waals surface area contributed by atoms with Gasteiger partial charge < -0.3 is 10.1 Å². The van der Waals surface area contributed by atoms with Crippen molar-refractivity contribution in [2.24, 2.45) is 0 Å². The highest BCUT2D eigenvalue weighted by molar-refractivity contribution is 6.04. The SMILES string of the molecule is O=C(Nc1ccc(F)c(F)c1F)c1ccc2c(c1)CCO2. The van der Waals surface area contributed by atoms with Crippen LogP contribution < -0.4 is 10.1 Å². The molecular weight excluding hydrogens is 283 g/mol. The fourth-order valence-electron chi connectivity index (χ4n) is 2.14. The van der Waals surface area contributed by atoms with Gasteiger partial charge in [-0.25, -0.2) is 13.2 Å². The van der Waals surface area contributed by atoms with E-state index in [2.05, 4.69) is 5.32 Å². The molecule has 0 saturated heterocycles. The molecule has 0 fully saturated rings. The van der Waals surface area contributed by atoms with Gasteiger partial charge in [0.25, 0.3) is 5.91 Å². The highest BCUT2D eigenvalue weighted by atomic mass is 19.2. The van der Waals surface area contributed by atoms with Crippen LogP contribution in [0.2, 0.25) is 0 Å². The summed E-state index contributed by atoms with van der Waals surface area (Å²) in [5.41, 5.74) is 0.771. The van der Waals surface area contributed by atoms with Crippen LogP contribution in [-0.4, -0.2) is 12.5 Å². The average molecular weight is 293 g/mol. The third-order valence-electron chi connectivity index (χ3n) is 3.24. The van der Waals surface area contributed by atoms with Gasteiger partial charge >= 0.3 is 0 Å². The Labute approximate surface area is 118 Å². The van der Waals surface area contributed by atoms with Gasteiger partial charge in [0.15, 0.2) is 17.5 Å². The molecule has 3 nitrogen and oxygen atoms in total. The zero-order valence-corrected chi connectivity index (χ0v) is 10.8. The number of rotatable bonds is 2. The van der Waals surface area contributed by atoms with E-state index in [1.54, 1.807) is 12.1 Å². The van der Waals surface area contributed by atoms with Gasteiger partial charge in [-0.3, -0.25) is 4.79 Å². The molecule has 2 aromatic rings. The molecule has 0 spiro atoms. The molecule has 0 aliphatic carbocycles. The Morgan fingerprint density at radius 1 is 1.10 bits per heavy atom. The maximum absolute atomic E-state index is 13.5. The molecule has 0 radical (unpaired) electrons. The minimum atomic E-state index is -1.62. The number of amides is 1. The minimum Gasteiger partial charge on any atom is -0.493 e. The molecule has 1 heterocycles. The van der Waals surface area contributed by atoms with Gasteiger partial charge in [-0.15, -0.1) is 0 Å². The van der Waals surface area contributed by atoms with Gasteiger partial charge in [-0.2, -0.15) is 0 Å². The van der Waals surface area contributed by atoms with Gasteiger partial charge in [0.1, 0.15) is 5.75 Å². The lowest BCUT2D eigenvalue weighted by Gasteiger charge is -2.08. The molecule has 0 atom stereocenters. The van der Waals surface area contributed by atoms with Crippen molar-refractivity contribution < 1.29 is 22.7 Å². The monoisotopic (exact) mass is 293 g/mol. The normalized spacial score (nSPS) is 12.7. The van der Waals surface area contributed by atoms with Crippen molar-refractivity contribution in [3.05, 3.63) is 58.9 Å². The second kappa shape index (κ2) is 5.12. The highest BCUT2D eigenvalue weighted by Gasteiger charge is 2.18. The second-order valence-corrected chi connectivity index (χ2v) is 4.60. The molecule has 0 unspecified atom stereocenters. The molecule has 108 valence electrons. The van der Waals surface area contributed by atoms with Crippen LogP contribution in [0.25, 0.3) is 0 Å². The largest absolute Gasteiger partial charge is 0.493 e. The minimum absolute atomic E-state index is 0.295. The van der Waals surface area contributed by atoms with Crippen molar-refractivity contribution >= 4 is 11.6 Å². The Balaban J connectivity index is 1.85. The Morgan fingerprint density at radius 3 is 2.71 bits per heavy atom. The first-order valence-electron chi connectivity index (χ1n) is 6.27. The number of anilines is 1. The van der Waals surface area contributed by atoms with Crippen molar-refractivity contribution in [3.8, 4) is 5.75 Å². The van der Waals surface area contributed by atoms with E-state index in [4.69, 9.17) is 4.74 Å². The number of nitrogens with one attached hydrogen (secondary N) is 1. The summed E-state index contributed by atoms with van der Waals surface area (Å²) < 4.78 is 44.8. The van der Waals surface area contributed by atoms with E-state index in [0.717, 1.165) is 17.7 Å². The van der Waals surface area contributed by atoms with Crippen molar-refractivity contribution in [1.29, 1.82) is 0 Å². The Hall–Kier alpha value is -2.50. The molecular formula is C15H10F3NO2. The van der Waals surface area contributed by atoms with Gasteiger partial charge in [0, 0.05) is 12.0 Å². The second-order valence-electron chi connectivity index (χ2n) is 4.60. The molecule has 21 heavy (non-hydrogen) atoms. The van der Waals surface area contributed by atoms with E-state index < -0.39 is 29.0 Å². The summed E-state index contributed by atoms with van der Waals surface area (Å²) in [6, 6.07) is 6.54. The smallest absolute Gasteiger partial charge is 0.255 e. The van der Waals surface area contributed by atoms with Crippen LogP contribution in [0.1, 0.15) is 15.9 Å². The predicted octanol–water partition coefficient (Wildman–Crippen LogP) is 3.29. The fraction of sp³-hybridized carbons (Fsp3) is 0.133. The van der Waals surface area contributed by atoms with Crippen LogP contribution in [0.5, 0.6) is 5.75 Å². The summed E-state index contributed by atoms with van der Waals surface area (Å²) in [4.78, 5) is 12.0. The first-order chi connectivity index (χ1) is 10.1. The Morgan fingerprint density at radius 2 is 1.90 bits per heavy atom. The van der Waals surface area contributed by atoms with E-state index in [1.807, 2.05) is 0 Å². The third-order valence-corrected chi connectivity index (χ3v) is 3.24. The molecule has 0 saturated carbocycles. The molecule has 0 aromatic heterocycles. The summed E-state index contributed by atoms with van der Waals surface area (Å²) >= 11 is 0. The van der Waals surface area contributed by atoms with E-state index in [0.29, 0.717) is 24.3 Å². The predicted molar refractivity (Wildman–Crippen MR) is 69.9 cm³/mol. The number of hydrogen-bond acceptors (Lipinski definition) is 2. The number of carbonyl (C=O) groups excluding carboxylic acids is 1. The van der Waals surface area contributed by atoms with Crippen molar-refractivity contribution in [1.82, 2.24) is 0 Å². The maximum Gasteiger partial charge on any atom is 0.255 e. The zero-order chi connectivity index (χ0) is 15.0. The summed E-state index contributed by atoms with van der Waals surface area (Å²) in [6.07, 6.45) is 0.690. The quantitative estimate of drug-likeness (QED) is 0.863. The molecule has 0 bridgehead atoms. The van der Waals surface area contributed by atoms with E-state index in [-0.39, 0.29) is 0 Å². The van der Waals surface area contributed by atoms with Crippen molar-refractivity contribution in [3.63, 3.8) is 0 Å². The fourth-order valence-corrected chi connectivity index (χ4v) is 2.14. The van der Waals surface area contributed by atoms with Crippen LogP contribution in [0, 0.1) is 17.5 Å². The number of carbonyl (C=O) groups is 1. The van der Waals surface area contributed by atoms with Crippen LogP contribution in [-0.2, 0) is 6.42 Å². The summed E-state index contributed by atoms with van der Waals surface area (Å²) in [5.74, 6) is -4.23. The van der Waals surface area contributed by atoms with Gasteiger partial charge in [-0.1, -0.05) is 0 Å². The van der Waals surface area contributed by atoms with Crippen LogP contribution in [0.15, 0.2) is 30.3 Å². The number of fused-ring (bicyclic) bond motifs is 1. The number of halogens is 3. The molecule has 1 aliphatic rings. The lowest BCUT2D eigenvalue weighted by Crippen LogP contribution is -2.14. The van der Waals surface area contributed by atoms with Crippen LogP contribution in [0.3, 0.4) is 0 Å². The number of hydrogen-bond donors (Lipinski definition) is 1. The lowest BCUT2D eigenvalue weighted by molar-refractivity contribution is 0.102. The Kier molecular flexibility index (Phi) is 3.29. The number of benzene rings is 2. The topological polar surface area (TPSA) is 38.3 Å². The van der Waals surface area contributed by atoms with Crippen LogP contribution in [0.4, 0.5) is 18.9 Å². The zero-order valence-electron chi connectivity index (χ0n) is 10.8. The first-order valence-corrected chi connectivity index (χ1v) is 6.27. The van der Waals surface area contributed by atoms with E-state index in [9.17, 15) is 18.0 Å². The molecule has 2 aromatic carbocycles. The molecule has 1 amide bonds. The van der Waals surface area contributed by atoms with Gasteiger partial charge in [0.2, 0.25) is 0 Å². The molecule has 3 rings (SSSR count). The molecule has 6 heteroatoms. The van der Waals surface area contributed by atoms with E-state index in [1.165, 1.54) is 6.07 Å². The van der Waals surface area contributed by atoms with Gasteiger partial charge in [0.05, 0.1) is 12.3 Å².